The minimum atomic E-state index is 0.101. The van der Waals surface area contributed by atoms with Crippen LogP contribution in [-0.4, -0.2) is 43.6 Å². The molecule has 1 aliphatic heterocycles. The number of likely N-dealkylation sites (tertiary alicyclic amines) is 1. The lowest BCUT2D eigenvalue weighted by Gasteiger charge is -2.32. The fourth-order valence-corrected chi connectivity index (χ4v) is 2.99. The number of carbonyl (C=O) groups excluding carboxylic acids is 1. The zero-order chi connectivity index (χ0) is 15.9. The molecule has 122 valence electrons. The molecule has 0 radical (unpaired) electrons. The van der Waals surface area contributed by atoms with Crippen LogP contribution in [0.3, 0.4) is 0 Å². The van der Waals surface area contributed by atoms with Crippen molar-refractivity contribution in [3.63, 3.8) is 0 Å². The Kier molecular flexibility index (Phi) is 6.25. The summed E-state index contributed by atoms with van der Waals surface area (Å²) >= 11 is 0. The number of piperidine rings is 1. The predicted octanol–water partition coefficient (Wildman–Crippen LogP) is 2.53. The Morgan fingerprint density at radius 2 is 1.91 bits per heavy atom. The number of nitrogens with zero attached hydrogens (tertiary/aromatic N) is 1. The maximum absolute atomic E-state index is 12.3. The van der Waals surface area contributed by atoms with Gasteiger partial charge in [0.05, 0.1) is 0 Å². The van der Waals surface area contributed by atoms with Gasteiger partial charge in [-0.05, 0) is 56.8 Å². The van der Waals surface area contributed by atoms with Crippen LogP contribution in [0.15, 0.2) is 18.2 Å². The molecule has 22 heavy (non-hydrogen) atoms. The zero-order valence-electron chi connectivity index (χ0n) is 14.0. The predicted molar refractivity (Wildman–Crippen MR) is 89.3 cm³/mol. The van der Waals surface area contributed by atoms with E-state index in [9.17, 15) is 4.79 Å². The average Bonchev–Trinajstić information content (AvgIpc) is 2.52. The highest BCUT2D eigenvalue weighted by Crippen LogP contribution is 2.22. The Bertz CT molecular complexity index is 474. The number of aryl methyl sites for hydroxylation is 2. The van der Waals surface area contributed by atoms with Gasteiger partial charge in [0.1, 0.15) is 5.75 Å². The van der Waals surface area contributed by atoms with Gasteiger partial charge in [-0.15, -0.1) is 0 Å². The largest absolute Gasteiger partial charge is 0.483 e. The molecule has 1 aromatic rings. The fraction of sp³-hybridized carbons (Fsp3) is 0.611. The van der Waals surface area contributed by atoms with Crippen LogP contribution in [-0.2, 0) is 4.79 Å². The lowest BCUT2D eigenvalue weighted by molar-refractivity contribution is -0.134. The summed E-state index contributed by atoms with van der Waals surface area (Å²) in [6.07, 6.45) is 2.17. The number of benzene rings is 1. The second-order valence-corrected chi connectivity index (χ2v) is 6.14. The summed E-state index contributed by atoms with van der Waals surface area (Å²) in [5.74, 6) is 1.64. The minimum absolute atomic E-state index is 0.101. The first-order valence-corrected chi connectivity index (χ1v) is 8.29. The molecule has 0 atom stereocenters. The van der Waals surface area contributed by atoms with Crippen LogP contribution in [0, 0.1) is 19.8 Å². The number of hydrogen-bond acceptors (Lipinski definition) is 3. The molecule has 1 fully saturated rings. The molecule has 0 bridgehead atoms. The molecule has 0 unspecified atom stereocenters. The van der Waals surface area contributed by atoms with Gasteiger partial charge in [-0.1, -0.05) is 25.1 Å². The van der Waals surface area contributed by atoms with E-state index in [1.165, 1.54) is 0 Å². The van der Waals surface area contributed by atoms with Gasteiger partial charge in [-0.3, -0.25) is 4.79 Å². The molecule has 0 aliphatic carbocycles. The number of nitrogens with one attached hydrogen (secondary N) is 1. The van der Waals surface area contributed by atoms with Crippen molar-refractivity contribution in [1.29, 1.82) is 0 Å². The molecule has 4 nitrogen and oxygen atoms in total. The summed E-state index contributed by atoms with van der Waals surface area (Å²) in [7, 11) is 0. The van der Waals surface area contributed by atoms with Crippen molar-refractivity contribution in [2.75, 3.05) is 32.8 Å². The normalized spacial score (nSPS) is 15.9. The first kappa shape index (κ1) is 16.8. The van der Waals surface area contributed by atoms with Gasteiger partial charge in [0.25, 0.3) is 5.91 Å². The molecule has 0 saturated carbocycles. The summed E-state index contributed by atoms with van der Waals surface area (Å²) in [5.41, 5.74) is 2.16. The Morgan fingerprint density at radius 3 is 2.50 bits per heavy atom. The van der Waals surface area contributed by atoms with E-state index >= 15 is 0 Å². The van der Waals surface area contributed by atoms with Gasteiger partial charge >= 0.3 is 0 Å². The monoisotopic (exact) mass is 304 g/mol. The van der Waals surface area contributed by atoms with Crippen molar-refractivity contribution in [3.8, 4) is 5.75 Å². The summed E-state index contributed by atoms with van der Waals surface area (Å²) < 4.78 is 5.77. The van der Waals surface area contributed by atoms with Crippen LogP contribution < -0.4 is 10.1 Å². The summed E-state index contributed by atoms with van der Waals surface area (Å²) in [4.78, 5) is 14.2. The third-order valence-corrected chi connectivity index (χ3v) is 4.40. The van der Waals surface area contributed by atoms with Gasteiger partial charge in [-0.2, -0.15) is 0 Å². The van der Waals surface area contributed by atoms with Crippen LogP contribution in [0.2, 0.25) is 0 Å². The van der Waals surface area contributed by atoms with Crippen molar-refractivity contribution in [2.45, 2.75) is 33.6 Å². The highest BCUT2D eigenvalue weighted by Gasteiger charge is 2.22. The molecule has 4 heteroatoms. The molecule has 1 N–H and O–H groups in total. The third kappa shape index (κ3) is 4.47. The fourth-order valence-electron chi connectivity index (χ4n) is 2.99. The Morgan fingerprint density at radius 1 is 1.27 bits per heavy atom. The van der Waals surface area contributed by atoms with E-state index < -0.39 is 0 Å². The SMILES string of the molecule is CCNCC1CCN(C(=O)COc2c(C)cccc2C)CC1. The minimum Gasteiger partial charge on any atom is -0.483 e. The van der Waals surface area contributed by atoms with Crippen molar-refractivity contribution in [1.82, 2.24) is 10.2 Å². The number of para-hydroxylation sites is 1. The highest BCUT2D eigenvalue weighted by molar-refractivity contribution is 5.78. The lowest BCUT2D eigenvalue weighted by atomic mass is 9.97. The quantitative estimate of drug-likeness (QED) is 0.878. The molecule has 0 spiro atoms. The topological polar surface area (TPSA) is 41.6 Å². The standard InChI is InChI=1S/C18H28N2O2/c1-4-19-12-16-8-10-20(11-9-16)17(21)13-22-18-14(2)6-5-7-15(18)3/h5-7,16,19H,4,8-13H2,1-3H3. The van der Waals surface area contributed by atoms with Gasteiger partial charge in [0.2, 0.25) is 0 Å². The smallest absolute Gasteiger partial charge is 0.260 e. The van der Waals surface area contributed by atoms with Gasteiger partial charge in [0.15, 0.2) is 6.61 Å². The average molecular weight is 304 g/mol. The molecule has 2 rings (SSSR count). The van der Waals surface area contributed by atoms with E-state index in [1.54, 1.807) is 0 Å². The van der Waals surface area contributed by atoms with E-state index in [1.807, 2.05) is 36.9 Å². The second-order valence-electron chi connectivity index (χ2n) is 6.14. The van der Waals surface area contributed by atoms with Crippen LogP contribution in [0.25, 0.3) is 0 Å². The second kappa shape index (κ2) is 8.18. The summed E-state index contributed by atoms with van der Waals surface area (Å²) in [6, 6.07) is 6.03. The molecule has 1 amide bonds. The van der Waals surface area contributed by atoms with Gasteiger partial charge in [0, 0.05) is 13.1 Å². The molecular formula is C18H28N2O2. The Hall–Kier alpha value is -1.55. The number of carbonyl (C=O) groups is 1. The van der Waals surface area contributed by atoms with Crippen LogP contribution in [0.1, 0.15) is 30.9 Å². The maximum atomic E-state index is 12.3. The zero-order valence-corrected chi connectivity index (χ0v) is 14.0. The van der Waals surface area contributed by atoms with Crippen molar-refractivity contribution < 1.29 is 9.53 Å². The molecule has 1 saturated heterocycles. The van der Waals surface area contributed by atoms with E-state index in [0.717, 1.165) is 55.9 Å². The van der Waals surface area contributed by atoms with E-state index in [4.69, 9.17) is 4.74 Å². The molecule has 1 aromatic carbocycles. The van der Waals surface area contributed by atoms with Crippen molar-refractivity contribution in [2.24, 2.45) is 5.92 Å². The van der Waals surface area contributed by atoms with Crippen LogP contribution in [0.4, 0.5) is 0 Å². The Labute approximate surface area is 133 Å². The first-order valence-electron chi connectivity index (χ1n) is 8.29. The number of amides is 1. The third-order valence-electron chi connectivity index (χ3n) is 4.40. The number of rotatable bonds is 6. The lowest BCUT2D eigenvalue weighted by Crippen LogP contribution is -2.42. The van der Waals surface area contributed by atoms with Crippen LogP contribution in [0.5, 0.6) is 5.75 Å². The van der Waals surface area contributed by atoms with Crippen molar-refractivity contribution >= 4 is 5.91 Å². The molecular weight excluding hydrogens is 276 g/mol. The summed E-state index contributed by atoms with van der Waals surface area (Å²) in [6.45, 7) is 10.1. The Balaban J connectivity index is 1.79. The maximum Gasteiger partial charge on any atom is 0.260 e. The van der Waals surface area contributed by atoms with E-state index in [2.05, 4.69) is 12.2 Å². The van der Waals surface area contributed by atoms with Crippen molar-refractivity contribution in [3.05, 3.63) is 29.3 Å². The molecule has 1 heterocycles. The first-order chi connectivity index (χ1) is 10.6. The molecule has 0 aromatic heterocycles. The van der Waals surface area contributed by atoms with E-state index in [-0.39, 0.29) is 12.5 Å². The molecule has 1 aliphatic rings. The van der Waals surface area contributed by atoms with E-state index in [0.29, 0.717) is 5.92 Å². The highest BCUT2D eigenvalue weighted by atomic mass is 16.5. The van der Waals surface area contributed by atoms with Gasteiger partial charge < -0.3 is 15.0 Å². The van der Waals surface area contributed by atoms with Crippen LogP contribution >= 0.6 is 0 Å². The number of hydrogen-bond donors (Lipinski definition) is 1. The number of ether oxygens (including phenoxy) is 1. The van der Waals surface area contributed by atoms with Gasteiger partial charge in [-0.25, -0.2) is 0 Å². The summed E-state index contributed by atoms with van der Waals surface area (Å²) in [5, 5.41) is 3.39.